The van der Waals surface area contributed by atoms with Gasteiger partial charge in [0.25, 0.3) is 0 Å². The maximum absolute atomic E-state index is 6.60. The van der Waals surface area contributed by atoms with E-state index >= 15 is 0 Å². The average molecular weight is 430 g/mol. The first-order chi connectivity index (χ1) is 15.2. The third-order valence-corrected chi connectivity index (χ3v) is 7.50. The molecule has 4 heteroatoms. The number of ether oxygens (including phenoxy) is 1. The second-order valence-corrected chi connectivity index (χ2v) is 9.97. The molecule has 4 nitrogen and oxygen atoms in total. The van der Waals surface area contributed by atoms with Gasteiger partial charge in [0, 0.05) is 24.9 Å². The number of likely N-dealkylation sites (tertiary alicyclic amines) is 1. The van der Waals surface area contributed by atoms with Gasteiger partial charge in [0.05, 0.1) is 12.2 Å². The van der Waals surface area contributed by atoms with Gasteiger partial charge in [0.1, 0.15) is 5.82 Å². The summed E-state index contributed by atoms with van der Waals surface area (Å²) in [5, 5.41) is 0. The molecule has 0 spiro atoms. The van der Waals surface area contributed by atoms with Crippen LogP contribution in [0.15, 0.2) is 12.4 Å². The van der Waals surface area contributed by atoms with E-state index in [4.69, 9.17) is 4.74 Å². The Bertz CT molecular complexity index is 581. The number of nitrogens with zero attached hydrogens (tertiary/aromatic N) is 3. The normalized spacial score (nSPS) is 23.5. The number of hydrogen-bond acceptors (Lipinski definition) is 4. The van der Waals surface area contributed by atoms with Crippen LogP contribution in [0.4, 0.5) is 0 Å². The molecule has 2 fully saturated rings. The first-order valence-electron chi connectivity index (χ1n) is 13.4. The molecule has 3 rings (SSSR count). The average Bonchev–Trinajstić information content (AvgIpc) is 2.82. The quantitative estimate of drug-likeness (QED) is 0.371. The van der Waals surface area contributed by atoms with Crippen molar-refractivity contribution in [2.24, 2.45) is 0 Å². The molecule has 0 radical (unpaired) electrons. The van der Waals surface area contributed by atoms with Gasteiger partial charge in [-0.05, 0) is 82.4 Å². The van der Waals surface area contributed by atoms with Crippen molar-refractivity contribution in [3.63, 3.8) is 0 Å². The lowest BCUT2D eigenvalue weighted by molar-refractivity contribution is -0.0506. The fourth-order valence-corrected chi connectivity index (χ4v) is 5.49. The molecule has 1 aliphatic carbocycles. The van der Waals surface area contributed by atoms with Crippen molar-refractivity contribution in [3.8, 4) is 0 Å². The highest BCUT2D eigenvalue weighted by Gasteiger charge is 2.30. The highest BCUT2D eigenvalue weighted by atomic mass is 16.5. The van der Waals surface area contributed by atoms with Crippen LogP contribution in [-0.2, 0) is 11.2 Å². The zero-order chi connectivity index (χ0) is 21.9. The minimum Gasteiger partial charge on any atom is -0.375 e. The zero-order valence-corrected chi connectivity index (χ0v) is 20.5. The number of unbranched alkanes of at least 4 members (excludes halogenated alkanes) is 2. The molecule has 0 bridgehead atoms. The van der Waals surface area contributed by atoms with Crippen molar-refractivity contribution in [1.82, 2.24) is 14.9 Å². The van der Waals surface area contributed by atoms with Gasteiger partial charge in [-0.2, -0.15) is 0 Å². The predicted octanol–water partition coefficient (Wildman–Crippen LogP) is 6.69. The predicted molar refractivity (Wildman–Crippen MR) is 130 cm³/mol. The summed E-state index contributed by atoms with van der Waals surface area (Å²) in [7, 11) is 0. The summed E-state index contributed by atoms with van der Waals surface area (Å²) in [4.78, 5) is 11.9. The molecule has 1 saturated carbocycles. The molecule has 0 unspecified atom stereocenters. The number of aryl methyl sites for hydroxylation is 1. The molecular formula is C27H47N3O. The molecule has 31 heavy (non-hydrogen) atoms. The molecule has 0 atom stereocenters. The Balaban J connectivity index is 1.39. The first kappa shape index (κ1) is 24.6. The smallest absolute Gasteiger partial charge is 0.128 e. The Hall–Kier alpha value is -1.00. The van der Waals surface area contributed by atoms with Crippen LogP contribution in [0.25, 0.3) is 0 Å². The summed E-state index contributed by atoms with van der Waals surface area (Å²) in [5.41, 5.74) is 1.35. The van der Waals surface area contributed by atoms with E-state index in [2.05, 4.69) is 48.0 Å². The molecule has 1 aromatic rings. The lowest BCUT2D eigenvalue weighted by Gasteiger charge is -2.41. The van der Waals surface area contributed by atoms with Crippen LogP contribution in [0.3, 0.4) is 0 Å². The van der Waals surface area contributed by atoms with Gasteiger partial charge in [-0.3, -0.25) is 0 Å². The standard InChI is InChI=1S/C27H47N3O/c1-4-7-10-25(11-8-5-2)31-26-14-12-24(13-15-26)30-18-16-22(17-19-30)23-20-28-27(9-6-3)29-21-23/h20-22,24-26H,4-19H2,1-3H3/t24-,26+. The summed E-state index contributed by atoms with van der Waals surface area (Å²) in [6.45, 7) is 9.23. The van der Waals surface area contributed by atoms with Gasteiger partial charge in [-0.1, -0.05) is 46.5 Å². The van der Waals surface area contributed by atoms with Crippen LogP contribution in [0.1, 0.15) is 122 Å². The van der Waals surface area contributed by atoms with E-state index in [0.29, 0.717) is 18.1 Å². The van der Waals surface area contributed by atoms with Crippen LogP contribution in [-0.4, -0.2) is 46.2 Å². The Kier molecular flexibility index (Phi) is 10.7. The molecule has 0 amide bonds. The van der Waals surface area contributed by atoms with Gasteiger partial charge in [0.2, 0.25) is 0 Å². The molecule has 1 saturated heterocycles. The lowest BCUT2D eigenvalue weighted by atomic mass is 9.87. The zero-order valence-electron chi connectivity index (χ0n) is 20.5. The summed E-state index contributed by atoms with van der Waals surface area (Å²) in [6, 6.07) is 0.772. The fraction of sp³-hybridized carbons (Fsp3) is 0.852. The first-order valence-corrected chi connectivity index (χ1v) is 13.4. The topological polar surface area (TPSA) is 38.2 Å². The van der Waals surface area contributed by atoms with Gasteiger partial charge in [-0.25, -0.2) is 9.97 Å². The number of hydrogen-bond donors (Lipinski definition) is 0. The van der Waals surface area contributed by atoms with Gasteiger partial charge in [0.15, 0.2) is 0 Å². The Labute approximate surface area is 191 Å². The Morgan fingerprint density at radius 3 is 2.03 bits per heavy atom. The van der Waals surface area contributed by atoms with Crippen molar-refractivity contribution < 1.29 is 4.74 Å². The monoisotopic (exact) mass is 429 g/mol. The van der Waals surface area contributed by atoms with E-state index in [1.54, 1.807) is 0 Å². The van der Waals surface area contributed by atoms with Crippen molar-refractivity contribution in [3.05, 3.63) is 23.8 Å². The van der Waals surface area contributed by atoms with Crippen molar-refractivity contribution >= 4 is 0 Å². The van der Waals surface area contributed by atoms with Crippen LogP contribution in [0, 0.1) is 0 Å². The Morgan fingerprint density at radius 2 is 1.48 bits per heavy atom. The van der Waals surface area contributed by atoms with Gasteiger partial charge >= 0.3 is 0 Å². The van der Waals surface area contributed by atoms with E-state index in [0.717, 1.165) is 24.7 Å². The van der Waals surface area contributed by atoms with E-state index in [1.165, 1.54) is 95.7 Å². The van der Waals surface area contributed by atoms with Gasteiger partial charge in [-0.15, -0.1) is 0 Å². The minimum absolute atomic E-state index is 0.503. The molecule has 1 aliphatic heterocycles. The Morgan fingerprint density at radius 1 is 0.871 bits per heavy atom. The highest BCUT2D eigenvalue weighted by Crippen LogP contribution is 2.33. The SMILES string of the molecule is CCCCC(CCCC)O[C@H]1CC[C@@H](N2CCC(c3cnc(CCC)nc3)CC2)CC1. The molecule has 1 aromatic heterocycles. The fourth-order valence-electron chi connectivity index (χ4n) is 5.49. The summed E-state index contributed by atoms with van der Waals surface area (Å²) < 4.78 is 6.60. The maximum Gasteiger partial charge on any atom is 0.128 e. The van der Waals surface area contributed by atoms with Crippen LogP contribution >= 0.6 is 0 Å². The van der Waals surface area contributed by atoms with E-state index in [1.807, 2.05) is 0 Å². The van der Waals surface area contributed by atoms with Crippen molar-refractivity contribution in [2.75, 3.05) is 13.1 Å². The molecule has 0 N–H and O–H groups in total. The summed E-state index contributed by atoms with van der Waals surface area (Å²) >= 11 is 0. The number of piperidine rings is 1. The second-order valence-electron chi connectivity index (χ2n) is 9.97. The lowest BCUT2D eigenvalue weighted by Crippen LogP contribution is -2.44. The highest BCUT2D eigenvalue weighted by molar-refractivity contribution is 5.13. The molecule has 176 valence electrons. The van der Waals surface area contributed by atoms with Gasteiger partial charge < -0.3 is 9.64 Å². The second kappa shape index (κ2) is 13.5. The largest absolute Gasteiger partial charge is 0.375 e. The van der Waals surface area contributed by atoms with Crippen molar-refractivity contribution in [2.45, 2.75) is 135 Å². The van der Waals surface area contributed by atoms with E-state index in [9.17, 15) is 0 Å². The van der Waals surface area contributed by atoms with E-state index in [-0.39, 0.29) is 0 Å². The third kappa shape index (κ3) is 7.82. The van der Waals surface area contributed by atoms with Crippen LogP contribution in [0.2, 0.25) is 0 Å². The molecular weight excluding hydrogens is 382 g/mol. The molecule has 0 aromatic carbocycles. The summed E-state index contributed by atoms with van der Waals surface area (Å²) in [5.74, 6) is 1.64. The molecule has 2 heterocycles. The van der Waals surface area contributed by atoms with Crippen LogP contribution < -0.4 is 0 Å². The maximum atomic E-state index is 6.60. The van der Waals surface area contributed by atoms with E-state index < -0.39 is 0 Å². The third-order valence-electron chi connectivity index (χ3n) is 7.50. The summed E-state index contributed by atoms with van der Waals surface area (Å²) in [6.07, 6.45) is 22.6. The number of aromatic nitrogens is 2. The molecule has 2 aliphatic rings. The number of rotatable bonds is 12. The van der Waals surface area contributed by atoms with Crippen LogP contribution in [0.5, 0.6) is 0 Å². The van der Waals surface area contributed by atoms with Crippen molar-refractivity contribution in [1.29, 1.82) is 0 Å². The minimum atomic E-state index is 0.503.